The highest BCUT2D eigenvalue weighted by atomic mass is 79.9. The zero-order valence-electron chi connectivity index (χ0n) is 10.7. The fourth-order valence-electron chi connectivity index (χ4n) is 1.45. The van der Waals surface area contributed by atoms with Crippen molar-refractivity contribution in [3.8, 4) is 5.75 Å². The summed E-state index contributed by atoms with van der Waals surface area (Å²) in [5, 5.41) is 22.3. The first-order valence-electron chi connectivity index (χ1n) is 5.72. The summed E-state index contributed by atoms with van der Waals surface area (Å²) in [6, 6.07) is 3.10. The number of methoxy groups -OCH3 is 1. The molecular weight excluding hydrogens is 332 g/mol. The van der Waals surface area contributed by atoms with Crippen LogP contribution in [0.15, 0.2) is 22.7 Å². The third-order valence-electron chi connectivity index (χ3n) is 2.43. The molecule has 0 bridgehead atoms. The number of amides is 2. The highest BCUT2D eigenvalue weighted by Crippen LogP contribution is 2.27. The molecule has 1 aromatic rings. The molecule has 20 heavy (non-hydrogen) atoms. The minimum Gasteiger partial charge on any atom is -0.495 e. The monoisotopic (exact) mass is 346 g/mol. The number of anilines is 1. The highest BCUT2D eigenvalue weighted by Gasteiger charge is 2.19. The molecule has 0 saturated heterocycles. The van der Waals surface area contributed by atoms with E-state index in [4.69, 9.17) is 14.9 Å². The molecule has 0 aliphatic rings. The second kappa shape index (κ2) is 7.71. The third-order valence-corrected chi connectivity index (χ3v) is 3.09. The summed E-state index contributed by atoms with van der Waals surface area (Å²) in [5.41, 5.74) is 0.454. The number of aliphatic hydroxyl groups is 1. The zero-order valence-corrected chi connectivity index (χ0v) is 12.3. The van der Waals surface area contributed by atoms with Gasteiger partial charge in [-0.05, 0) is 28.1 Å². The fourth-order valence-corrected chi connectivity index (χ4v) is 1.86. The van der Waals surface area contributed by atoms with Gasteiger partial charge >= 0.3 is 12.0 Å². The van der Waals surface area contributed by atoms with Crippen LogP contribution in [0.25, 0.3) is 0 Å². The Morgan fingerprint density at radius 1 is 1.45 bits per heavy atom. The topological polar surface area (TPSA) is 108 Å². The number of nitrogens with one attached hydrogen (secondary N) is 2. The Bertz CT molecular complexity index is 495. The predicted molar refractivity (Wildman–Crippen MR) is 76.0 cm³/mol. The van der Waals surface area contributed by atoms with E-state index >= 15 is 0 Å². The average Bonchev–Trinajstić information content (AvgIpc) is 2.40. The van der Waals surface area contributed by atoms with E-state index in [1.54, 1.807) is 18.2 Å². The summed E-state index contributed by atoms with van der Waals surface area (Å²) in [7, 11) is 1.49. The van der Waals surface area contributed by atoms with Crippen LogP contribution in [0.2, 0.25) is 0 Å². The Morgan fingerprint density at radius 2 is 2.15 bits per heavy atom. The number of ether oxygens (including phenoxy) is 1. The van der Waals surface area contributed by atoms with Crippen molar-refractivity contribution in [2.24, 2.45) is 0 Å². The normalized spacial score (nSPS) is 11.6. The van der Waals surface area contributed by atoms with E-state index in [1.165, 1.54) is 7.11 Å². The summed E-state index contributed by atoms with van der Waals surface area (Å²) in [6.07, 6.45) is -0.0631. The SMILES string of the molecule is COc1cc(NC(=O)NC(CCO)C(=O)O)ccc1Br. The van der Waals surface area contributed by atoms with Gasteiger partial charge in [0.25, 0.3) is 0 Å². The molecule has 8 heteroatoms. The van der Waals surface area contributed by atoms with Crippen molar-refractivity contribution in [2.45, 2.75) is 12.5 Å². The summed E-state index contributed by atoms with van der Waals surface area (Å²) in [4.78, 5) is 22.5. The van der Waals surface area contributed by atoms with Crippen LogP contribution in [0.3, 0.4) is 0 Å². The Labute approximate surface area is 124 Å². The first kappa shape index (κ1) is 16.3. The number of urea groups is 1. The van der Waals surface area contributed by atoms with E-state index in [2.05, 4.69) is 26.6 Å². The third kappa shape index (κ3) is 4.71. The van der Waals surface area contributed by atoms with Crippen molar-refractivity contribution in [3.63, 3.8) is 0 Å². The Balaban J connectivity index is 2.68. The van der Waals surface area contributed by atoms with Crippen molar-refractivity contribution < 1.29 is 24.5 Å². The standard InChI is InChI=1S/C12H15BrN2O5/c1-20-10-6-7(2-3-8(10)13)14-12(19)15-9(4-5-16)11(17)18/h2-3,6,9,16H,4-5H2,1H3,(H,17,18)(H2,14,15,19). The van der Waals surface area contributed by atoms with Gasteiger partial charge in [0, 0.05) is 24.8 Å². The predicted octanol–water partition coefficient (Wildman–Crippen LogP) is 1.41. The number of carboxylic acid groups (broad SMARTS) is 1. The lowest BCUT2D eigenvalue weighted by Gasteiger charge is -2.14. The molecule has 7 nitrogen and oxygen atoms in total. The summed E-state index contributed by atoms with van der Waals surface area (Å²) >= 11 is 3.28. The van der Waals surface area contributed by atoms with Gasteiger partial charge in [0.15, 0.2) is 0 Å². The maximum atomic E-state index is 11.7. The van der Waals surface area contributed by atoms with Gasteiger partial charge < -0.3 is 25.6 Å². The number of hydrogen-bond donors (Lipinski definition) is 4. The molecule has 110 valence electrons. The largest absolute Gasteiger partial charge is 0.495 e. The molecule has 0 saturated carbocycles. The summed E-state index contributed by atoms with van der Waals surface area (Å²) < 4.78 is 5.81. The number of halogens is 1. The Morgan fingerprint density at radius 3 is 2.70 bits per heavy atom. The van der Waals surface area contributed by atoms with E-state index in [9.17, 15) is 9.59 Å². The van der Waals surface area contributed by atoms with Gasteiger partial charge in [0.2, 0.25) is 0 Å². The van der Waals surface area contributed by atoms with E-state index in [-0.39, 0.29) is 13.0 Å². The lowest BCUT2D eigenvalue weighted by atomic mass is 10.2. The minimum absolute atomic E-state index is 0.0631. The Kier molecular flexibility index (Phi) is 6.26. The maximum Gasteiger partial charge on any atom is 0.326 e. The molecular formula is C12H15BrN2O5. The lowest BCUT2D eigenvalue weighted by molar-refractivity contribution is -0.139. The molecule has 1 rings (SSSR count). The van der Waals surface area contributed by atoms with E-state index in [0.29, 0.717) is 11.4 Å². The van der Waals surface area contributed by atoms with Crippen molar-refractivity contribution in [2.75, 3.05) is 19.0 Å². The lowest BCUT2D eigenvalue weighted by Crippen LogP contribution is -2.43. The van der Waals surface area contributed by atoms with Crippen LogP contribution in [0.4, 0.5) is 10.5 Å². The number of aliphatic hydroxyl groups excluding tert-OH is 1. The van der Waals surface area contributed by atoms with Crippen molar-refractivity contribution in [1.82, 2.24) is 5.32 Å². The van der Waals surface area contributed by atoms with Crippen LogP contribution in [-0.4, -0.2) is 42.0 Å². The number of carbonyl (C=O) groups excluding carboxylic acids is 1. The molecule has 1 aromatic carbocycles. The van der Waals surface area contributed by atoms with E-state index in [1.807, 2.05) is 0 Å². The molecule has 1 unspecified atom stereocenters. The van der Waals surface area contributed by atoms with Crippen LogP contribution in [-0.2, 0) is 4.79 Å². The van der Waals surface area contributed by atoms with Crippen LogP contribution in [0.1, 0.15) is 6.42 Å². The van der Waals surface area contributed by atoms with Gasteiger partial charge in [-0.15, -0.1) is 0 Å². The van der Waals surface area contributed by atoms with Gasteiger partial charge in [-0.2, -0.15) is 0 Å². The van der Waals surface area contributed by atoms with E-state index < -0.39 is 18.0 Å². The van der Waals surface area contributed by atoms with Crippen molar-refractivity contribution >= 4 is 33.6 Å². The summed E-state index contributed by atoms with van der Waals surface area (Å²) in [6.45, 7) is -0.330. The van der Waals surface area contributed by atoms with Crippen LogP contribution in [0.5, 0.6) is 5.75 Å². The second-order valence-electron chi connectivity index (χ2n) is 3.85. The number of rotatable bonds is 6. The molecule has 0 aliphatic heterocycles. The number of benzene rings is 1. The van der Waals surface area contributed by atoms with Crippen molar-refractivity contribution in [3.05, 3.63) is 22.7 Å². The van der Waals surface area contributed by atoms with Gasteiger partial charge in [-0.3, -0.25) is 0 Å². The van der Waals surface area contributed by atoms with Crippen LogP contribution in [0, 0.1) is 0 Å². The molecule has 0 spiro atoms. The van der Waals surface area contributed by atoms with Crippen molar-refractivity contribution in [1.29, 1.82) is 0 Å². The molecule has 0 fully saturated rings. The fraction of sp³-hybridized carbons (Fsp3) is 0.333. The molecule has 2 amide bonds. The number of carbonyl (C=O) groups is 2. The molecule has 0 aromatic heterocycles. The van der Waals surface area contributed by atoms with Gasteiger partial charge in [0.05, 0.1) is 11.6 Å². The molecule has 4 N–H and O–H groups in total. The van der Waals surface area contributed by atoms with Crippen LogP contribution >= 0.6 is 15.9 Å². The Hall–Kier alpha value is -1.80. The second-order valence-corrected chi connectivity index (χ2v) is 4.71. The molecule has 0 aliphatic carbocycles. The molecule has 0 heterocycles. The zero-order chi connectivity index (χ0) is 15.1. The van der Waals surface area contributed by atoms with E-state index in [0.717, 1.165) is 4.47 Å². The smallest absolute Gasteiger partial charge is 0.326 e. The number of aliphatic carboxylic acids is 1. The molecule has 0 radical (unpaired) electrons. The highest BCUT2D eigenvalue weighted by molar-refractivity contribution is 9.10. The average molecular weight is 347 g/mol. The number of carboxylic acids is 1. The molecule has 1 atom stereocenters. The quantitative estimate of drug-likeness (QED) is 0.622. The summed E-state index contributed by atoms with van der Waals surface area (Å²) in [5.74, 6) is -0.671. The maximum absolute atomic E-state index is 11.7. The van der Waals surface area contributed by atoms with Crippen LogP contribution < -0.4 is 15.4 Å². The van der Waals surface area contributed by atoms with Gasteiger partial charge in [-0.25, -0.2) is 9.59 Å². The van der Waals surface area contributed by atoms with Gasteiger partial charge in [0.1, 0.15) is 11.8 Å². The first-order chi connectivity index (χ1) is 9.47. The number of hydrogen-bond acceptors (Lipinski definition) is 4. The van der Waals surface area contributed by atoms with Gasteiger partial charge in [-0.1, -0.05) is 0 Å². The minimum atomic E-state index is -1.21. The first-order valence-corrected chi connectivity index (χ1v) is 6.52.